The third-order valence-corrected chi connectivity index (χ3v) is 9.17. The topological polar surface area (TPSA) is 87.0 Å². The van der Waals surface area contributed by atoms with Crippen LogP contribution in [0.2, 0.25) is 0 Å². The molecule has 0 aromatic carbocycles. The molecule has 3 N–H and O–H groups in total. The lowest BCUT2D eigenvalue weighted by molar-refractivity contribution is -0.166. The van der Waals surface area contributed by atoms with E-state index in [4.69, 9.17) is 4.74 Å². The molecule has 9 unspecified atom stereocenters. The number of esters is 1. The second kappa shape index (κ2) is 6.82. The van der Waals surface area contributed by atoms with Gasteiger partial charge in [-0.05, 0) is 61.7 Å². The average molecular weight is 443 g/mol. The molecular weight excluding hydrogens is 412 g/mol. The van der Waals surface area contributed by atoms with E-state index in [1.807, 2.05) is 6.08 Å². The molecule has 0 spiro atoms. The van der Waals surface area contributed by atoms with Crippen LogP contribution in [0.5, 0.6) is 0 Å². The van der Waals surface area contributed by atoms with Crippen LogP contribution in [0, 0.1) is 28.6 Å². The smallest absolute Gasteiger partial charge is 0.302 e. The van der Waals surface area contributed by atoms with Gasteiger partial charge < -0.3 is 20.1 Å². The maximum Gasteiger partial charge on any atom is 0.302 e. The van der Waals surface area contributed by atoms with Crippen LogP contribution in [-0.4, -0.2) is 51.0 Å². The van der Waals surface area contributed by atoms with Crippen molar-refractivity contribution in [2.24, 2.45) is 28.6 Å². The van der Waals surface area contributed by atoms with Gasteiger partial charge in [-0.15, -0.1) is 0 Å². The minimum Gasteiger partial charge on any atom is -0.461 e. The molecule has 0 bridgehead atoms. The van der Waals surface area contributed by atoms with Crippen molar-refractivity contribution in [3.8, 4) is 0 Å². The quantitative estimate of drug-likeness (QED) is 0.347. The summed E-state index contributed by atoms with van der Waals surface area (Å²) in [5.74, 6) is 0.169. The number of fused-ring (bicyclic) bond motifs is 5. The first-order valence-corrected chi connectivity index (χ1v) is 11.1. The Kier molecular flexibility index (Phi) is 5.02. The van der Waals surface area contributed by atoms with Gasteiger partial charge in [-0.3, -0.25) is 4.79 Å². The zero-order valence-electron chi connectivity index (χ0n) is 16.1. The molecule has 0 heterocycles. The van der Waals surface area contributed by atoms with Gasteiger partial charge in [0.2, 0.25) is 0 Å². The van der Waals surface area contributed by atoms with Gasteiger partial charge in [0.25, 0.3) is 0 Å². The third-order valence-electron chi connectivity index (χ3n) is 8.32. The number of halogens is 1. The van der Waals surface area contributed by atoms with Crippen LogP contribution in [0.25, 0.3) is 0 Å². The molecule has 0 aliphatic heterocycles. The Morgan fingerprint density at radius 1 is 1.30 bits per heavy atom. The van der Waals surface area contributed by atoms with E-state index in [1.54, 1.807) is 0 Å². The number of hydrogen-bond acceptors (Lipinski definition) is 5. The van der Waals surface area contributed by atoms with Gasteiger partial charge in [0.05, 0.1) is 23.6 Å². The van der Waals surface area contributed by atoms with Crippen molar-refractivity contribution in [1.82, 2.24) is 0 Å². The van der Waals surface area contributed by atoms with Crippen LogP contribution in [0.4, 0.5) is 0 Å². The first-order valence-electron chi connectivity index (χ1n) is 10.2. The van der Waals surface area contributed by atoms with Gasteiger partial charge in [-0.25, -0.2) is 0 Å². The Balaban J connectivity index is 1.72. The minimum absolute atomic E-state index is 0.00383. The van der Waals surface area contributed by atoms with Crippen LogP contribution in [0.3, 0.4) is 0 Å². The van der Waals surface area contributed by atoms with Crippen LogP contribution in [0.1, 0.15) is 52.4 Å². The highest BCUT2D eigenvalue weighted by molar-refractivity contribution is 9.09. The fourth-order valence-electron chi connectivity index (χ4n) is 7.03. The first-order chi connectivity index (χ1) is 12.7. The summed E-state index contributed by atoms with van der Waals surface area (Å²) in [7, 11) is 0. The largest absolute Gasteiger partial charge is 0.461 e. The molecule has 4 aliphatic carbocycles. The van der Waals surface area contributed by atoms with Crippen molar-refractivity contribution in [2.75, 3.05) is 6.61 Å². The Morgan fingerprint density at radius 2 is 2.04 bits per heavy atom. The molecular formula is C21H31BrO5. The lowest BCUT2D eigenvalue weighted by Crippen LogP contribution is -2.57. The number of aliphatic hydroxyl groups excluding tert-OH is 3. The molecule has 4 rings (SSSR count). The van der Waals surface area contributed by atoms with E-state index < -0.39 is 11.5 Å². The fraction of sp³-hybridized carbons (Fsp3) is 0.857. The summed E-state index contributed by atoms with van der Waals surface area (Å²) in [5, 5.41) is 31.6. The molecule has 3 saturated carbocycles. The summed E-state index contributed by atoms with van der Waals surface area (Å²) >= 11 is 3.71. The maximum atomic E-state index is 11.7. The number of hydrogen-bond donors (Lipinski definition) is 3. The van der Waals surface area contributed by atoms with Gasteiger partial charge in [-0.2, -0.15) is 0 Å². The van der Waals surface area contributed by atoms with Crippen LogP contribution < -0.4 is 0 Å². The van der Waals surface area contributed by atoms with Crippen molar-refractivity contribution >= 4 is 21.9 Å². The van der Waals surface area contributed by atoms with Crippen LogP contribution in [0.15, 0.2) is 11.6 Å². The summed E-state index contributed by atoms with van der Waals surface area (Å²) in [5.41, 5.74) is 0.723. The van der Waals surface area contributed by atoms with Crippen molar-refractivity contribution in [3.05, 3.63) is 11.6 Å². The lowest BCUT2D eigenvalue weighted by Gasteiger charge is -2.59. The third kappa shape index (κ3) is 2.85. The van der Waals surface area contributed by atoms with Crippen LogP contribution in [-0.2, 0) is 9.53 Å². The summed E-state index contributed by atoms with van der Waals surface area (Å²) in [4.78, 5) is 11.7. The summed E-state index contributed by atoms with van der Waals surface area (Å²) in [6.07, 6.45) is 5.65. The second-order valence-corrected chi connectivity index (χ2v) is 10.7. The van der Waals surface area contributed by atoms with E-state index in [-0.39, 0.29) is 46.9 Å². The first kappa shape index (κ1) is 19.9. The number of carbonyl (C=O) groups excluding carboxylic acids is 1. The molecule has 9 atom stereocenters. The van der Waals surface area contributed by atoms with Gasteiger partial charge in [0.15, 0.2) is 0 Å². The molecule has 152 valence electrons. The predicted octanol–water partition coefficient (Wildman–Crippen LogP) is 2.56. The zero-order valence-corrected chi connectivity index (χ0v) is 17.7. The highest BCUT2D eigenvalue weighted by Gasteiger charge is 2.65. The van der Waals surface area contributed by atoms with E-state index in [0.29, 0.717) is 12.3 Å². The monoisotopic (exact) mass is 442 g/mol. The standard InChI is InChI=1S/C21H31BrO5/c1-11(24)27-19-16(22)9-15-18-14(4-6-21(15,19)10-23)20(2)5-3-13(25)7-12(20)8-17(18)26/h8,13-19,23,25-26H,3-7,9-10H2,1-2H3. The van der Waals surface area contributed by atoms with Gasteiger partial charge >= 0.3 is 5.97 Å². The summed E-state index contributed by atoms with van der Waals surface area (Å²) in [6, 6.07) is 0. The summed E-state index contributed by atoms with van der Waals surface area (Å²) in [6.45, 7) is 3.69. The maximum absolute atomic E-state index is 11.7. The SMILES string of the molecule is CC(=O)OC1C(Br)CC2C3C(O)C=C4CC(O)CCC4(C)C3CCC21CO. The Bertz CT molecular complexity index is 650. The van der Waals surface area contributed by atoms with Crippen LogP contribution >= 0.6 is 15.9 Å². The van der Waals surface area contributed by atoms with Crippen molar-refractivity contribution in [2.45, 2.75) is 75.5 Å². The van der Waals surface area contributed by atoms with Crippen molar-refractivity contribution < 1.29 is 24.9 Å². The number of aliphatic hydroxyl groups is 3. The molecule has 6 heteroatoms. The normalized spacial score (nSPS) is 51.6. The van der Waals surface area contributed by atoms with Gasteiger partial charge in [0, 0.05) is 12.3 Å². The van der Waals surface area contributed by atoms with E-state index in [2.05, 4.69) is 22.9 Å². The molecule has 0 saturated heterocycles. The van der Waals surface area contributed by atoms with E-state index in [9.17, 15) is 20.1 Å². The van der Waals surface area contributed by atoms with E-state index in [1.165, 1.54) is 12.5 Å². The number of alkyl halides is 1. The Morgan fingerprint density at radius 3 is 2.70 bits per heavy atom. The molecule has 27 heavy (non-hydrogen) atoms. The molecule has 4 aliphatic rings. The highest BCUT2D eigenvalue weighted by Crippen LogP contribution is 2.66. The predicted molar refractivity (Wildman–Crippen MR) is 104 cm³/mol. The van der Waals surface area contributed by atoms with Crippen molar-refractivity contribution in [3.63, 3.8) is 0 Å². The van der Waals surface area contributed by atoms with Gasteiger partial charge in [0.1, 0.15) is 6.10 Å². The minimum atomic E-state index is -0.574. The van der Waals surface area contributed by atoms with E-state index in [0.717, 1.165) is 32.1 Å². The molecule has 0 aromatic rings. The Labute approximate surface area is 169 Å². The second-order valence-electron chi connectivity index (χ2n) is 9.50. The number of ether oxygens (including phenoxy) is 1. The molecule has 0 radical (unpaired) electrons. The average Bonchev–Trinajstić information content (AvgIpc) is 2.88. The molecule has 0 amide bonds. The zero-order chi connectivity index (χ0) is 19.6. The van der Waals surface area contributed by atoms with E-state index >= 15 is 0 Å². The number of carbonyl (C=O) groups is 1. The number of rotatable bonds is 2. The molecule has 5 nitrogen and oxygen atoms in total. The Hall–Kier alpha value is -0.430. The summed E-state index contributed by atoms with van der Waals surface area (Å²) < 4.78 is 5.67. The van der Waals surface area contributed by atoms with Gasteiger partial charge in [-0.1, -0.05) is 34.5 Å². The highest BCUT2D eigenvalue weighted by atomic mass is 79.9. The fourth-order valence-corrected chi connectivity index (χ4v) is 8.07. The van der Waals surface area contributed by atoms with Crippen molar-refractivity contribution in [1.29, 1.82) is 0 Å². The molecule has 0 aromatic heterocycles. The lowest BCUT2D eigenvalue weighted by atomic mass is 9.47. The molecule has 3 fully saturated rings.